The number of aryl methyl sites for hydroxylation is 1. The fourth-order valence-electron chi connectivity index (χ4n) is 2.21. The number of hydrogen-bond acceptors (Lipinski definition) is 2. The van der Waals surface area contributed by atoms with Crippen molar-refractivity contribution in [2.45, 2.75) is 31.1 Å². The highest BCUT2D eigenvalue weighted by molar-refractivity contribution is 8.45. The first-order valence-electron chi connectivity index (χ1n) is 7.65. The van der Waals surface area contributed by atoms with Crippen molar-refractivity contribution in [3.8, 4) is 5.75 Å². The molecule has 0 saturated heterocycles. The van der Waals surface area contributed by atoms with Crippen molar-refractivity contribution in [3.63, 3.8) is 0 Å². The summed E-state index contributed by atoms with van der Waals surface area (Å²) in [5, 5.41) is 0. The highest BCUT2D eigenvalue weighted by Gasteiger charge is 2.67. The van der Waals surface area contributed by atoms with E-state index in [1.807, 2.05) is 6.92 Å². The normalized spacial score (nSPS) is 14.4. The third-order valence-electron chi connectivity index (χ3n) is 3.54. The van der Waals surface area contributed by atoms with Gasteiger partial charge < -0.3 is 4.74 Å². The Morgan fingerprint density at radius 1 is 1.00 bits per heavy atom. The molecule has 144 valence electrons. The molecule has 0 aromatic heterocycles. The summed E-state index contributed by atoms with van der Waals surface area (Å²) in [4.78, 5) is 9.30. The van der Waals surface area contributed by atoms with Gasteiger partial charge in [0.1, 0.15) is 16.5 Å². The summed E-state index contributed by atoms with van der Waals surface area (Å²) in [5.41, 5.74) is 1.09. The van der Waals surface area contributed by atoms with E-state index in [0.29, 0.717) is 6.07 Å². The second-order valence-corrected chi connectivity index (χ2v) is 8.13. The standard InChI is InChI=1S/C17H16F6O2S/c1-2-3-4-12-5-7-13(8-6-12)17(24)25-14-9-10-16(15(18)11-14)26(19,20,21,22)23/h5-11H,2-4H2,1H3. The number of halogens is 6. The Bertz CT molecular complexity index is 816. The number of carbonyl (C=O) groups is 1. The lowest BCUT2D eigenvalue weighted by Gasteiger charge is -2.40. The SMILES string of the molecule is CCCCc1ccc(C(=O)Oc2ccc(S(F)(F)(F)(F)F)c(F)c2)cc1. The quantitative estimate of drug-likeness (QED) is 0.296. The van der Waals surface area contributed by atoms with Crippen molar-refractivity contribution < 1.29 is 33.4 Å². The van der Waals surface area contributed by atoms with E-state index in [1.165, 1.54) is 12.1 Å². The van der Waals surface area contributed by atoms with Gasteiger partial charge in [0.05, 0.1) is 5.56 Å². The van der Waals surface area contributed by atoms with Gasteiger partial charge in [-0.1, -0.05) is 44.9 Å². The van der Waals surface area contributed by atoms with Crippen molar-refractivity contribution in [1.82, 2.24) is 0 Å². The van der Waals surface area contributed by atoms with Crippen LogP contribution >= 0.6 is 10.2 Å². The minimum atomic E-state index is -10.1. The summed E-state index contributed by atoms with van der Waals surface area (Å²) in [6.45, 7) is 2.03. The first-order chi connectivity index (χ1) is 11.8. The molecule has 0 bridgehead atoms. The van der Waals surface area contributed by atoms with Crippen LogP contribution in [0.1, 0.15) is 35.7 Å². The van der Waals surface area contributed by atoms with Gasteiger partial charge in [-0.2, -0.15) is 0 Å². The monoisotopic (exact) mass is 398 g/mol. The second kappa shape index (κ2) is 6.22. The van der Waals surface area contributed by atoms with E-state index in [9.17, 15) is 28.6 Å². The molecule has 0 atom stereocenters. The van der Waals surface area contributed by atoms with Crippen LogP contribution in [0.15, 0.2) is 47.4 Å². The molecule has 0 aliphatic heterocycles. The molecule has 2 rings (SSSR count). The molecule has 0 amide bonds. The van der Waals surface area contributed by atoms with Crippen LogP contribution in [0.2, 0.25) is 0 Å². The fourth-order valence-corrected chi connectivity index (χ4v) is 2.96. The molecular formula is C17H16F6O2S. The minimum absolute atomic E-state index is 0.0995. The maximum atomic E-state index is 13.5. The van der Waals surface area contributed by atoms with Crippen LogP contribution in [0.25, 0.3) is 0 Å². The van der Waals surface area contributed by atoms with E-state index in [2.05, 4.69) is 0 Å². The molecule has 0 radical (unpaired) electrons. The smallest absolute Gasteiger partial charge is 0.343 e. The zero-order valence-electron chi connectivity index (χ0n) is 13.7. The third kappa shape index (κ3) is 5.17. The minimum Gasteiger partial charge on any atom is -0.423 e. The van der Waals surface area contributed by atoms with Gasteiger partial charge in [0.2, 0.25) is 0 Å². The Morgan fingerprint density at radius 3 is 2.12 bits per heavy atom. The number of rotatable bonds is 6. The van der Waals surface area contributed by atoms with Crippen molar-refractivity contribution >= 4 is 16.2 Å². The molecular weight excluding hydrogens is 382 g/mol. The first-order valence-corrected chi connectivity index (χ1v) is 9.60. The van der Waals surface area contributed by atoms with Crippen molar-refractivity contribution in [1.29, 1.82) is 0 Å². The first kappa shape index (κ1) is 20.2. The molecule has 0 aliphatic rings. The molecule has 0 N–H and O–H groups in total. The van der Waals surface area contributed by atoms with Gasteiger partial charge in [-0.05, 0) is 42.7 Å². The maximum absolute atomic E-state index is 13.5. The summed E-state index contributed by atoms with van der Waals surface area (Å²) < 4.78 is 81.5. The Morgan fingerprint density at radius 2 is 1.62 bits per heavy atom. The number of carbonyl (C=O) groups excluding carboxylic acids is 1. The molecule has 0 heterocycles. The van der Waals surface area contributed by atoms with Crippen molar-refractivity contribution in [3.05, 3.63) is 59.4 Å². The summed E-state index contributed by atoms with van der Waals surface area (Å²) in [6.07, 6.45) is 2.80. The largest absolute Gasteiger partial charge is 0.423 e. The summed E-state index contributed by atoms with van der Waals surface area (Å²) in [7, 11) is -10.1. The molecule has 2 aromatic carbocycles. The van der Waals surface area contributed by atoms with Gasteiger partial charge in [-0.25, -0.2) is 9.18 Å². The third-order valence-corrected chi connectivity index (χ3v) is 4.70. The molecule has 0 unspecified atom stereocenters. The summed E-state index contributed by atoms with van der Waals surface area (Å²) in [6, 6.07) is 6.78. The van der Waals surface area contributed by atoms with Gasteiger partial charge in [-0.15, -0.1) is 0 Å². The zero-order valence-corrected chi connectivity index (χ0v) is 14.5. The topological polar surface area (TPSA) is 26.3 Å². The van der Waals surface area contributed by atoms with Gasteiger partial charge in [0.25, 0.3) is 0 Å². The molecule has 0 spiro atoms. The zero-order chi connectivity index (χ0) is 19.7. The Balaban J connectivity index is 2.16. The summed E-state index contributed by atoms with van der Waals surface area (Å²) in [5.74, 6) is -3.75. The van der Waals surface area contributed by atoms with E-state index in [1.54, 1.807) is 12.1 Å². The van der Waals surface area contributed by atoms with E-state index in [0.717, 1.165) is 24.8 Å². The number of ether oxygens (including phenoxy) is 1. The highest BCUT2D eigenvalue weighted by atomic mass is 32.5. The lowest BCUT2D eigenvalue weighted by atomic mass is 10.1. The number of benzene rings is 2. The van der Waals surface area contributed by atoms with Gasteiger partial charge in [-0.3, -0.25) is 0 Å². The van der Waals surface area contributed by atoms with Crippen LogP contribution in [0.5, 0.6) is 5.75 Å². The maximum Gasteiger partial charge on any atom is 0.343 e. The second-order valence-electron chi connectivity index (χ2n) is 5.75. The van der Waals surface area contributed by atoms with Crippen LogP contribution < -0.4 is 4.74 Å². The molecule has 0 fully saturated rings. The number of unbranched alkanes of at least 4 members (excludes halogenated alkanes) is 1. The van der Waals surface area contributed by atoms with Crippen LogP contribution in [0, 0.1) is 5.82 Å². The van der Waals surface area contributed by atoms with E-state index >= 15 is 0 Å². The lowest BCUT2D eigenvalue weighted by Crippen LogP contribution is -2.11. The molecule has 0 aliphatic carbocycles. The summed E-state index contributed by atoms with van der Waals surface area (Å²) >= 11 is 0. The van der Waals surface area contributed by atoms with E-state index in [-0.39, 0.29) is 17.7 Å². The molecule has 2 aromatic rings. The molecule has 0 saturated carbocycles. The van der Waals surface area contributed by atoms with Crippen molar-refractivity contribution in [2.75, 3.05) is 0 Å². The lowest BCUT2D eigenvalue weighted by molar-refractivity contribution is 0.0734. The Labute approximate surface area is 146 Å². The van der Waals surface area contributed by atoms with Crippen LogP contribution in [0.4, 0.5) is 23.8 Å². The fraction of sp³-hybridized carbons (Fsp3) is 0.235. The molecule has 2 nitrogen and oxygen atoms in total. The predicted octanol–water partition coefficient (Wildman–Crippen LogP) is 7.04. The Hall–Kier alpha value is -2.16. The van der Waals surface area contributed by atoms with Crippen LogP contribution in [-0.4, -0.2) is 5.97 Å². The van der Waals surface area contributed by atoms with Gasteiger partial charge in [0, 0.05) is 6.07 Å². The van der Waals surface area contributed by atoms with Gasteiger partial charge >= 0.3 is 16.2 Å². The highest BCUT2D eigenvalue weighted by Crippen LogP contribution is 3.02. The van der Waals surface area contributed by atoms with Crippen LogP contribution in [0.3, 0.4) is 0 Å². The number of hydrogen-bond donors (Lipinski definition) is 0. The predicted molar refractivity (Wildman–Crippen MR) is 87.8 cm³/mol. The van der Waals surface area contributed by atoms with Crippen LogP contribution in [-0.2, 0) is 6.42 Å². The van der Waals surface area contributed by atoms with Gasteiger partial charge in [0.15, 0.2) is 0 Å². The van der Waals surface area contributed by atoms with E-state index < -0.39 is 32.7 Å². The van der Waals surface area contributed by atoms with Crippen molar-refractivity contribution in [2.24, 2.45) is 0 Å². The van der Waals surface area contributed by atoms with E-state index in [4.69, 9.17) is 4.74 Å². The average molecular weight is 398 g/mol. The number of esters is 1. The molecule has 9 heteroatoms. The molecule has 26 heavy (non-hydrogen) atoms. The Kier molecular flexibility index (Phi) is 4.82. The average Bonchev–Trinajstić information content (AvgIpc) is 2.50.